The van der Waals surface area contributed by atoms with Gasteiger partial charge in [0.25, 0.3) is 0 Å². The summed E-state index contributed by atoms with van der Waals surface area (Å²) in [7, 11) is 0. The Hall–Kier alpha value is -1.86. The second kappa shape index (κ2) is 8.68. The fourth-order valence-electron chi connectivity index (χ4n) is 3.11. The molecule has 0 fully saturated rings. The molecule has 0 radical (unpaired) electrons. The summed E-state index contributed by atoms with van der Waals surface area (Å²) in [5.74, 6) is -0.233. The van der Waals surface area contributed by atoms with E-state index < -0.39 is 0 Å². The molecule has 0 aliphatic heterocycles. The first-order chi connectivity index (χ1) is 12.0. The van der Waals surface area contributed by atoms with E-state index >= 15 is 0 Å². The number of nitrogens with one attached hydrogen (secondary N) is 3. The standard InChI is InChI=1S/C17H17Cl2N5O.ClH/c1-9-5-6-21-13-7-10(11-3-2-4-12(18)16(11)19)8-14(15(9)13)22-23-17(20)24-25;/h2-6,10,25H,7-8H2,1H3,(H3,20,23,24);1H. The predicted octanol–water partition coefficient (Wildman–Crippen LogP) is 4.06. The monoisotopic (exact) mass is 413 g/mol. The van der Waals surface area contributed by atoms with Gasteiger partial charge in [-0.05, 0) is 48.9 Å². The average Bonchev–Trinajstić information content (AvgIpc) is 2.61. The molecule has 1 aliphatic rings. The molecule has 2 aromatic rings. The van der Waals surface area contributed by atoms with E-state index in [0.717, 1.165) is 34.5 Å². The summed E-state index contributed by atoms with van der Waals surface area (Å²) in [4.78, 5) is 4.50. The highest BCUT2D eigenvalue weighted by Crippen LogP contribution is 2.38. The minimum absolute atomic E-state index is 0. The Bertz CT molecular complexity index is 856. The Kier molecular flexibility index (Phi) is 6.83. The Morgan fingerprint density at radius 3 is 2.81 bits per heavy atom. The van der Waals surface area contributed by atoms with Gasteiger partial charge in [0.15, 0.2) is 0 Å². The molecule has 1 heterocycles. The molecule has 4 N–H and O–H groups in total. The number of hydrazone groups is 1. The molecule has 1 aliphatic carbocycles. The molecule has 1 aromatic heterocycles. The molecule has 0 bridgehead atoms. The van der Waals surface area contributed by atoms with Crippen LogP contribution in [0.15, 0.2) is 35.6 Å². The van der Waals surface area contributed by atoms with Gasteiger partial charge in [-0.25, -0.2) is 10.9 Å². The number of halogens is 3. The van der Waals surface area contributed by atoms with Gasteiger partial charge < -0.3 is 0 Å². The van der Waals surface area contributed by atoms with Crippen LogP contribution in [0.1, 0.15) is 34.7 Å². The highest BCUT2D eigenvalue weighted by molar-refractivity contribution is 6.42. The summed E-state index contributed by atoms with van der Waals surface area (Å²) in [5.41, 5.74) is 8.87. The lowest BCUT2D eigenvalue weighted by molar-refractivity contribution is 0.228. The van der Waals surface area contributed by atoms with Crippen LogP contribution in [0.2, 0.25) is 10.0 Å². The van der Waals surface area contributed by atoms with Crippen molar-refractivity contribution in [1.82, 2.24) is 15.9 Å². The maximum Gasteiger partial charge on any atom is 0.233 e. The summed E-state index contributed by atoms with van der Waals surface area (Å²) in [6.45, 7) is 2.00. The number of rotatable bonds is 2. The summed E-state index contributed by atoms with van der Waals surface area (Å²) < 4.78 is 0. The number of nitrogens with zero attached hydrogens (tertiary/aromatic N) is 2. The van der Waals surface area contributed by atoms with Gasteiger partial charge in [-0.1, -0.05) is 35.3 Å². The van der Waals surface area contributed by atoms with Crippen molar-refractivity contribution in [2.75, 3.05) is 0 Å². The third-order valence-electron chi connectivity index (χ3n) is 4.24. The van der Waals surface area contributed by atoms with Gasteiger partial charge in [0.1, 0.15) is 0 Å². The summed E-state index contributed by atoms with van der Waals surface area (Å²) in [5, 5.41) is 21.5. The summed E-state index contributed by atoms with van der Waals surface area (Å²) in [6, 6.07) is 7.53. The third kappa shape index (κ3) is 4.10. The molecule has 6 nitrogen and oxygen atoms in total. The van der Waals surface area contributed by atoms with Crippen molar-refractivity contribution in [2.45, 2.75) is 25.7 Å². The normalized spacial score (nSPS) is 17.2. The molecule has 1 atom stereocenters. The van der Waals surface area contributed by atoms with Crippen LogP contribution in [-0.4, -0.2) is 21.9 Å². The minimum atomic E-state index is -0.307. The number of pyridine rings is 1. The Labute approximate surface area is 167 Å². The zero-order valence-corrected chi connectivity index (χ0v) is 16.2. The SMILES string of the molecule is Cc1ccnc2c1C(=NNC(=N)NO)CC(c1cccc(Cl)c1Cl)C2.Cl. The second-order valence-electron chi connectivity index (χ2n) is 5.85. The van der Waals surface area contributed by atoms with E-state index in [9.17, 15) is 0 Å². The smallest absolute Gasteiger partial charge is 0.233 e. The van der Waals surface area contributed by atoms with Crippen molar-refractivity contribution in [1.29, 1.82) is 5.41 Å². The first kappa shape index (κ1) is 20.5. The molecule has 0 saturated carbocycles. The Morgan fingerprint density at radius 2 is 2.08 bits per heavy atom. The van der Waals surface area contributed by atoms with Crippen LogP contribution < -0.4 is 10.9 Å². The van der Waals surface area contributed by atoms with Crippen LogP contribution in [0.4, 0.5) is 0 Å². The fraction of sp³-hybridized carbons (Fsp3) is 0.235. The summed E-state index contributed by atoms with van der Waals surface area (Å²) in [6.07, 6.45) is 3.12. The zero-order valence-electron chi connectivity index (χ0n) is 13.9. The molecule has 3 rings (SSSR count). The maximum atomic E-state index is 8.76. The number of hydrogen-bond donors (Lipinski definition) is 4. The summed E-state index contributed by atoms with van der Waals surface area (Å²) >= 11 is 12.6. The average molecular weight is 415 g/mol. The number of guanidine groups is 1. The highest BCUT2D eigenvalue weighted by atomic mass is 35.5. The van der Waals surface area contributed by atoms with E-state index in [1.54, 1.807) is 17.7 Å². The van der Waals surface area contributed by atoms with Gasteiger partial charge in [-0.3, -0.25) is 15.6 Å². The zero-order chi connectivity index (χ0) is 18.0. The molecular formula is C17H18Cl3N5O. The lowest BCUT2D eigenvalue weighted by Crippen LogP contribution is -2.32. The molecule has 1 aromatic carbocycles. The van der Waals surface area contributed by atoms with E-state index in [0.29, 0.717) is 16.5 Å². The largest absolute Gasteiger partial charge is 0.288 e. The number of hydroxylamine groups is 1. The molecule has 9 heteroatoms. The molecule has 1 unspecified atom stereocenters. The van der Waals surface area contributed by atoms with Gasteiger partial charge in [0.05, 0.1) is 21.5 Å². The molecule has 138 valence electrons. The van der Waals surface area contributed by atoms with Gasteiger partial charge in [-0.2, -0.15) is 5.10 Å². The van der Waals surface area contributed by atoms with Crippen LogP contribution in [0.3, 0.4) is 0 Å². The Morgan fingerprint density at radius 1 is 1.31 bits per heavy atom. The van der Waals surface area contributed by atoms with Crippen molar-refractivity contribution in [3.8, 4) is 0 Å². The second-order valence-corrected chi connectivity index (χ2v) is 6.64. The quantitative estimate of drug-likeness (QED) is 0.339. The predicted molar refractivity (Wildman–Crippen MR) is 106 cm³/mol. The van der Waals surface area contributed by atoms with Crippen molar-refractivity contribution in [2.24, 2.45) is 5.10 Å². The van der Waals surface area contributed by atoms with Crippen molar-refractivity contribution in [3.63, 3.8) is 0 Å². The molecular weight excluding hydrogens is 397 g/mol. The fourth-order valence-corrected chi connectivity index (χ4v) is 3.57. The molecule has 0 amide bonds. The van der Waals surface area contributed by atoms with Crippen LogP contribution in [0.25, 0.3) is 0 Å². The number of fused-ring (bicyclic) bond motifs is 1. The topological polar surface area (TPSA) is 93.4 Å². The van der Waals surface area contributed by atoms with Gasteiger partial charge in [-0.15, -0.1) is 12.4 Å². The van der Waals surface area contributed by atoms with Crippen molar-refractivity contribution >= 4 is 47.3 Å². The van der Waals surface area contributed by atoms with E-state index in [1.807, 2.05) is 25.1 Å². The minimum Gasteiger partial charge on any atom is -0.288 e. The van der Waals surface area contributed by atoms with Crippen LogP contribution in [0.5, 0.6) is 0 Å². The molecule has 0 spiro atoms. The first-order valence-corrected chi connectivity index (χ1v) is 8.46. The van der Waals surface area contributed by atoms with Crippen LogP contribution >= 0.6 is 35.6 Å². The number of aryl methyl sites for hydroxylation is 1. The van der Waals surface area contributed by atoms with Crippen molar-refractivity contribution in [3.05, 3.63) is 62.9 Å². The number of benzene rings is 1. The Balaban J connectivity index is 0.00000243. The van der Waals surface area contributed by atoms with E-state index in [-0.39, 0.29) is 24.3 Å². The van der Waals surface area contributed by atoms with E-state index in [1.165, 1.54) is 0 Å². The van der Waals surface area contributed by atoms with E-state index in [4.69, 9.17) is 33.8 Å². The number of aromatic nitrogens is 1. The number of hydrogen-bond acceptors (Lipinski definition) is 4. The van der Waals surface area contributed by atoms with Crippen molar-refractivity contribution < 1.29 is 5.21 Å². The van der Waals surface area contributed by atoms with Gasteiger partial charge >= 0.3 is 0 Å². The molecule has 26 heavy (non-hydrogen) atoms. The lowest BCUT2D eigenvalue weighted by atomic mass is 9.80. The molecule has 0 saturated heterocycles. The van der Waals surface area contributed by atoms with E-state index in [2.05, 4.69) is 15.5 Å². The first-order valence-electron chi connectivity index (χ1n) is 7.71. The highest BCUT2D eigenvalue weighted by Gasteiger charge is 2.29. The van der Waals surface area contributed by atoms with Gasteiger partial charge in [0, 0.05) is 11.8 Å². The lowest BCUT2D eigenvalue weighted by Gasteiger charge is -2.27. The van der Waals surface area contributed by atoms with Gasteiger partial charge in [0.2, 0.25) is 5.96 Å². The third-order valence-corrected chi connectivity index (χ3v) is 5.08. The van der Waals surface area contributed by atoms with Crippen LogP contribution in [0, 0.1) is 12.3 Å². The maximum absolute atomic E-state index is 8.76. The van der Waals surface area contributed by atoms with Crippen LogP contribution in [-0.2, 0) is 6.42 Å².